The highest BCUT2D eigenvalue weighted by molar-refractivity contribution is 6.34. The maximum atomic E-state index is 12.5. The molecule has 0 saturated heterocycles. The number of esters is 1. The van der Waals surface area contributed by atoms with Crippen LogP contribution in [0, 0.1) is 0 Å². The Morgan fingerprint density at radius 2 is 1.70 bits per heavy atom. The number of nitrogens with zero attached hydrogens (tertiary/aromatic N) is 2. The lowest BCUT2D eigenvalue weighted by Crippen LogP contribution is -2.28. The molecule has 0 aliphatic carbocycles. The van der Waals surface area contributed by atoms with Crippen LogP contribution in [-0.4, -0.2) is 20.6 Å². The highest BCUT2D eigenvalue weighted by Gasteiger charge is 2.20. The van der Waals surface area contributed by atoms with Crippen LogP contribution in [0.15, 0.2) is 59.4 Å². The zero-order chi connectivity index (χ0) is 19.4. The molecular formula is C19H14Cl2N2O4. The minimum atomic E-state index is -0.712. The summed E-state index contributed by atoms with van der Waals surface area (Å²) in [5.41, 5.74) is 0.432. The second-order valence-electron chi connectivity index (χ2n) is 5.60. The second-order valence-corrected chi connectivity index (χ2v) is 6.31. The number of aromatic hydroxyl groups is 1. The van der Waals surface area contributed by atoms with Gasteiger partial charge in [-0.1, -0.05) is 65.7 Å². The molecule has 0 unspecified atom stereocenters. The molecule has 2 aromatic carbocycles. The van der Waals surface area contributed by atoms with Crippen molar-refractivity contribution in [1.82, 2.24) is 9.55 Å². The Morgan fingerprint density at radius 1 is 1.04 bits per heavy atom. The van der Waals surface area contributed by atoms with Gasteiger partial charge in [-0.2, -0.15) is 0 Å². The molecule has 3 aromatic rings. The van der Waals surface area contributed by atoms with Crippen molar-refractivity contribution in [2.24, 2.45) is 0 Å². The molecule has 0 saturated carbocycles. The van der Waals surface area contributed by atoms with Gasteiger partial charge in [-0.15, -0.1) is 0 Å². The third-order valence-corrected chi connectivity index (χ3v) is 4.28. The van der Waals surface area contributed by atoms with E-state index in [0.717, 1.165) is 10.1 Å². The average Bonchev–Trinajstić information content (AvgIpc) is 2.66. The molecule has 1 heterocycles. The molecule has 8 heteroatoms. The van der Waals surface area contributed by atoms with Crippen LogP contribution in [0.5, 0.6) is 5.75 Å². The van der Waals surface area contributed by atoms with E-state index in [0.29, 0.717) is 0 Å². The fourth-order valence-electron chi connectivity index (χ4n) is 2.51. The van der Waals surface area contributed by atoms with Crippen LogP contribution < -0.4 is 5.56 Å². The van der Waals surface area contributed by atoms with E-state index in [4.69, 9.17) is 27.9 Å². The molecule has 0 amide bonds. The van der Waals surface area contributed by atoms with Crippen LogP contribution >= 0.6 is 23.2 Å². The Bertz CT molecular complexity index is 1040. The number of phenolic OH excluding ortho intramolecular Hbond substituents is 1. The van der Waals surface area contributed by atoms with Crippen molar-refractivity contribution in [3.8, 4) is 17.0 Å². The van der Waals surface area contributed by atoms with E-state index >= 15 is 0 Å². The molecular weight excluding hydrogens is 391 g/mol. The predicted octanol–water partition coefficient (Wildman–Crippen LogP) is 3.67. The standard InChI is InChI=1S/C19H14Cl2N2O4/c20-17-16(13-8-4-5-9-14(13)24)23(19(26)18(21)22-17)10-15(25)27-11-12-6-2-1-3-7-12/h1-9,24H,10-11H2. The lowest BCUT2D eigenvalue weighted by atomic mass is 10.1. The van der Waals surface area contributed by atoms with Gasteiger partial charge in [0.2, 0.25) is 0 Å². The zero-order valence-electron chi connectivity index (χ0n) is 13.9. The average molecular weight is 405 g/mol. The van der Waals surface area contributed by atoms with E-state index in [1.54, 1.807) is 18.2 Å². The first-order valence-electron chi connectivity index (χ1n) is 7.91. The van der Waals surface area contributed by atoms with E-state index < -0.39 is 18.1 Å². The van der Waals surface area contributed by atoms with Gasteiger partial charge in [0.25, 0.3) is 5.56 Å². The summed E-state index contributed by atoms with van der Waals surface area (Å²) in [5.74, 6) is -0.773. The van der Waals surface area contributed by atoms with Gasteiger partial charge in [0, 0.05) is 5.56 Å². The van der Waals surface area contributed by atoms with E-state index in [1.165, 1.54) is 6.07 Å². The third kappa shape index (κ3) is 4.30. The lowest BCUT2D eigenvalue weighted by molar-refractivity contribution is -0.145. The highest BCUT2D eigenvalue weighted by atomic mass is 35.5. The molecule has 0 atom stereocenters. The number of aromatic nitrogens is 2. The van der Waals surface area contributed by atoms with Crippen LogP contribution in [-0.2, 0) is 22.7 Å². The van der Waals surface area contributed by atoms with Crippen molar-refractivity contribution < 1.29 is 14.6 Å². The van der Waals surface area contributed by atoms with Crippen molar-refractivity contribution in [2.75, 3.05) is 0 Å². The minimum Gasteiger partial charge on any atom is -0.507 e. The zero-order valence-corrected chi connectivity index (χ0v) is 15.4. The summed E-state index contributed by atoms with van der Waals surface area (Å²) >= 11 is 12.0. The van der Waals surface area contributed by atoms with Crippen LogP contribution in [0.4, 0.5) is 0 Å². The van der Waals surface area contributed by atoms with Gasteiger partial charge in [0.05, 0.1) is 5.69 Å². The molecule has 1 aromatic heterocycles. The summed E-state index contributed by atoms with van der Waals surface area (Å²) in [7, 11) is 0. The van der Waals surface area contributed by atoms with E-state index in [2.05, 4.69) is 4.98 Å². The van der Waals surface area contributed by atoms with Crippen LogP contribution in [0.25, 0.3) is 11.3 Å². The summed E-state index contributed by atoms with van der Waals surface area (Å²) in [6, 6.07) is 15.4. The molecule has 27 heavy (non-hydrogen) atoms. The number of benzene rings is 2. The van der Waals surface area contributed by atoms with Crippen LogP contribution in [0.2, 0.25) is 10.3 Å². The van der Waals surface area contributed by atoms with Crippen LogP contribution in [0.3, 0.4) is 0 Å². The molecule has 138 valence electrons. The summed E-state index contributed by atoms with van der Waals surface area (Å²) in [6.07, 6.45) is 0. The number of carbonyl (C=O) groups is 1. The Kier molecular flexibility index (Phi) is 5.78. The molecule has 0 fully saturated rings. The van der Waals surface area contributed by atoms with Crippen molar-refractivity contribution in [3.63, 3.8) is 0 Å². The topological polar surface area (TPSA) is 81.4 Å². The van der Waals surface area contributed by atoms with Crippen molar-refractivity contribution in [2.45, 2.75) is 13.2 Å². The van der Waals surface area contributed by atoms with Gasteiger partial charge < -0.3 is 9.84 Å². The first-order chi connectivity index (χ1) is 13.0. The van der Waals surface area contributed by atoms with Crippen molar-refractivity contribution in [3.05, 3.63) is 80.8 Å². The molecule has 0 aliphatic heterocycles. The summed E-state index contributed by atoms with van der Waals surface area (Å²) in [5, 5.41) is 9.61. The maximum absolute atomic E-state index is 12.5. The molecule has 0 aliphatic rings. The highest BCUT2D eigenvalue weighted by Crippen LogP contribution is 2.32. The monoisotopic (exact) mass is 404 g/mol. The number of para-hydroxylation sites is 1. The van der Waals surface area contributed by atoms with Crippen molar-refractivity contribution in [1.29, 1.82) is 0 Å². The molecule has 0 bridgehead atoms. The summed E-state index contributed by atoms with van der Waals surface area (Å²) in [4.78, 5) is 28.5. The van der Waals surface area contributed by atoms with Gasteiger partial charge in [0.15, 0.2) is 10.3 Å². The van der Waals surface area contributed by atoms with Gasteiger partial charge in [-0.3, -0.25) is 14.2 Å². The predicted molar refractivity (Wildman–Crippen MR) is 102 cm³/mol. The number of hydrogen-bond acceptors (Lipinski definition) is 5. The number of carbonyl (C=O) groups excluding carboxylic acids is 1. The van der Waals surface area contributed by atoms with Crippen LogP contribution in [0.1, 0.15) is 5.56 Å². The third-order valence-electron chi connectivity index (χ3n) is 3.77. The first-order valence-corrected chi connectivity index (χ1v) is 8.66. The van der Waals surface area contributed by atoms with Gasteiger partial charge >= 0.3 is 5.97 Å². The fourth-order valence-corrected chi connectivity index (χ4v) is 3.02. The van der Waals surface area contributed by atoms with Gasteiger partial charge in [0.1, 0.15) is 18.9 Å². The largest absolute Gasteiger partial charge is 0.507 e. The molecule has 1 N–H and O–H groups in total. The Morgan fingerprint density at radius 3 is 2.41 bits per heavy atom. The second kappa shape index (κ2) is 8.24. The Balaban J connectivity index is 1.93. The number of ether oxygens (including phenoxy) is 1. The van der Waals surface area contributed by atoms with Gasteiger partial charge in [-0.25, -0.2) is 4.98 Å². The van der Waals surface area contributed by atoms with E-state index in [1.807, 2.05) is 30.3 Å². The van der Waals surface area contributed by atoms with E-state index in [-0.39, 0.29) is 33.9 Å². The quantitative estimate of drug-likeness (QED) is 0.656. The number of hydrogen-bond donors (Lipinski definition) is 1. The SMILES string of the molecule is O=C(Cn1c(-c2ccccc2O)c(Cl)nc(Cl)c1=O)OCc1ccccc1. The first kappa shape index (κ1) is 18.9. The summed E-state index contributed by atoms with van der Waals surface area (Å²) < 4.78 is 6.26. The van der Waals surface area contributed by atoms with Gasteiger partial charge in [-0.05, 0) is 17.7 Å². The minimum absolute atomic E-state index is 0.0624. The van der Waals surface area contributed by atoms with Crippen molar-refractivity contribution >= 4 is 29.2 Å². The number of halogens is 2. The summed E-state index contributed by atoms with van der Waals surface area (Å²) in [6.45, 7) is -0.371. The Labute approximate surface area is 164 Å². The molecule has 3 rings (SSSR count). The molecule has 0 radical (unpaired) electrons. The number of phenols is 1. The van der Waals surface area contributed by atoms with E-state index in [9.17, 15) is 14.7 Å². The molecule has 0 spiro atoms. The lowest BCUT2D eigenvalue weighted by Gasteiger charge is -2.15. The Hall–Kier alpha value is -2.83. The number of rotatable bonds is 5. The maximum Gasteiger partial charge on any atom is 0.326 e. The normalized spacial score (nSPS) is 10.6. The molecule has 6 nitrogen and oxygen atoms in total. The fraction of sp³-hybridized carbons (Fsp3) is 0.105. The smallest absolute Gasteiger partial charge is 0.326 e.